The van der Waals surface area contributed by atoms with E-state index in [1.165, 1.54) is 0 Å². The van der Waals surface area contributed by atoms with Crippen LogP contribution in [0.4, 0.5) is 17.6 Å². The van der Waals surface area contributed by atoms with Crippen LogP contribution in [-0.4, -0.2) is 38.7 Å². The summed E-state index contributed by atoms with van der Waals surface area (Å²) < 4.78 is 60.4. The lowest BCUT2D eigenvalue weighted by Crippen LogP contribution is -2.48. The number of carbonyl (C=O) groups excluding carboxylic acids is 1. The number of ether oxygens (including phenoxy) is 1. The van der Waals surface area contributed by atoms with E-state index in [1.807, 2.05) is 6.20 Å². The van der Waals surface area contributed by atoms with E-state index < -0.39 is 29.0 Å². The summed E-state index contributed by atoms with van der Waals surface area (Å²) in [5, 5.41) is 7.13. The number of rotatable bonds is 4. The molecule has 1 aliphatic heterocycles. The summed E-state index contributed by atoms with van der Waals surface area (Å²) in [5.74, 6) is -1.27. The summed E-state index contributed by atoms with van der Waals surface area (Å²) in [7, 11) is 0. The molecule has 0 aromatic carbocycles. The van der Waals surface area contributed by atoms with Crippen LogP contribution in [0.3, 0.4) is 0 Å². The lowest BCUT2D eigenvalue weighted by atomic mass is 9.92. The molecule has 0 bridgehead atoms. The molecule has 0 spiro atoms. The van der Waals surface area contributed by atoms with Gasteiger partial charge in [-0.2, -0.15) is 18.3 Å². The number of alkyl halides is 3. The molecule has 3 aromatic rings. The summed E-state index contributed by atoms with van der Waals surface area (Å²) in [6, 6.07) is 0.385. The quantitative estimate of drug-likeness (QED) is 0.617. The minimum Gasteiger partial charge on any atom is -0.378 e. The van der Waals surface area contributed by atoms with Crippen molar-refractivity contribution in [2.45, 2.75) is 43.8 Å². The van der Waals surface area contributed by atoms with E-state index in [-0.39, 0.29) is 30.9 Å². The van der Waals surface area contributed by atoms with E-state index in [2.05, 4.69) is 20.4 Å². The molecule has 5 rings (SSSR count). The summed E-state index contributed by atoms with van der Waals surface area (Å²) in [6.07, 6.45) is 1.74. The number of aryl methyl sites for hydroxylation is 1. The van der Waals surface area contributed by atoms with Gasteiger partial charge in [-0.05, 0) is 37.3 Å². The van der Waals surface area contributed by atoms with E-state index in [4.69, 9.17) is 4.74 Å². The van der Waals surface area contributed by atoms with Gasteiger partial charge in [0.2, 0.25) is 0 Å². The minimum absolute atomic E-state index is 0.120. The average molecular weight is 449 g/mol. The van der Waals surface area contributed by atoms with Crippen molar-refractivity contribution in [1.82, 2.24) is 24.9 Å². The van der Waals surface area contributed by atoms with Gasteiger partial charge in [0.1, 0.15) is 22.6 Å². The highest BCUT2D eigenvalue weighted by atomic mass is 19.4. The maximum atomic E-state index is 14.7. The van der Waals surface area contributed by atoms with Gasteiger partial charge in [-0.1, -0.05) is 0 Å². The predicted octanol–water partition coefficient (Wildman–Crippen LogP) is 3.51. The molecular formula is C21H19F4N5O2. The zero-order valence-corrected chi connectivity index (χ0v) is 17.0. The number of nitrogens with one attached hydrogen (secondary N) is 1. The first-order valence-corrected chi connectivity index (χ1v) is 10.2. The highest BCUT2D eigenvalue weighted by Crippen LogP contribution is 2.40. The second-order valence-corrected chi connectivity index (χ2v) is 8.28. The first-order chi connectivity index (χ1) is 15.2. The van der Waals surface area contributed by atoms with Gasteiger partial charge in [0.25, 0.3) is 5.91 Å². The third-order valence-corrected chi connectivity index (χ3v) is 5.94. The number of halogens is 4. The molecule has 32 heavy (non-hydrogen) atoms. The van der Waals surface area contributed by atoms with Gasteiger partial charge in [-0.3, -0.25) is 9.78 Å². The smallest absolute Gasteiger partial charge is 0.378 e. The fourth-order valence-corrected chi connectivity index (χ4v) is 4.09. The molecule has 1 atom stereocenters. The fourth-order valence-electron chi connectivity index (χ4n) is 4.09. The standard InChI is InChI=1S/C21H19F4N5O2/c1-11-16(18-27-7-13(12-2-3-12)9-30(18)29-11)19(31)28-20(4-5-32-10-20)17-15(22)6-14(8-26-17)21(23,24)25/h6-9,12H,2-5,10H2,1H3,(H,28,31)/t20-/m0/s1. The maximum absolute atomic E-state index is 14.7. The van der Waals surface area contributed by atoms with Gasteiger partial charge in [-0.25, -0.2) is 13.9 Å². The molecule has 1 aliphatic carbocycles. The number of amides is 1. The molecule has 2 fully saturated rings. The van der Waals surface area contributed by atoms with E-state index in [0.29, 0.717) is 29.5 Å². The Balaban J connectivity index is 1.50. The van der Waals surface area contributed by atoms with Gasteiger partial charge >= 0.3 is 6.18 Å². The molecule has 0 radical (unpaired) electrons. The van der Waals surface area contributed by atoms with Crippen LogP contribution in [0.1, 0.15) is 58.1 Å². The fraction of sp³-hybridized carbons (Fsp3) is 0.429. The van der Waals surface area contributed by atoms with Crippen molar-refractivity contribution in [2.75, 3.05) is 13.2 Å². The second kappa shape index (κ2) is 7.22. The van der Waals surface area contributed by atoms with Crippen LogP contribution >= 0.6 is 0 Å². The van der Waals surface area contributed by atoms with Gasteiger partial charge in [0.05, 0.1) is 17.9 Å². The van der Waals surface area contributed by atoms with E-state index in [9.17, 15) is 22.4 Å². The summed E-state index contributed by atoms with van der Waals surface area (Å²) in [6.45, 7) is 1.74. The van der Waals surface area contributed by atoms with Crippen molar-refractivity contribution in [1.29, 1.82) is 0 Å². The molecule has 2 aliphatic rings. The lowest BCUT2D eigenvalue weighted by Gasteiger charge is -2.28. The normalized spacial score (nSPS) is 21.3. The maximum Gasteiger partial charge on any atom is 0.417 e. The van der Waals surface area contributed by atoms with Crippen molar-refractivity contribution in [3.05, 3.63) is 58.6 Å². The van der Waals surface area contributed by atoms with Crippen molar-refractivity contribution in [2.24, 2.45) is 0 Å². The number of fused-ring (bicyclic) bond motifs is 1. The molecule has 4 heterocycles. The zero-order chi connectivity index (χ0) is 22.7. The number of pyridine rings is 1. The van der Waals surface area contributed by atoms with Crippen molar-refractivity contribution in [3.63, 3.8) is 0 Å². The van der Waals surface area contributed by atoms with Crippen LogP contribution in [0.2, 0.25) is 0 Å². The molecule has 1 amide bonds. The molecule has 1 N–H and O–H groups in total. The topological polar surface area (TPSA) is 81.4 Å². The Morgan fingerprint density at radius 3 is 2.69 bits per heavy atom. The largest absolute Gasteiger partial charge is 0.417 e. The zero-order valence-electron chi connectivity index (χ0n) is 17.0. The number of carbonyl (C=O) groups is 1. The summed E-state index contributed by atoms with van der Waals surface area (Å²) in [5.41, 5.74) is -0.866. The number of nitrogens with zero attached hydrogens (tertiary/aromatic N) is 4. The SMILES string of the molecule is Cc1nn2cc(C3CC3)cnc2c1C(=O)N[C@@]1(c2ncc(C(F)(F)F)cc2F)CCOC1. The van der Waals surface area contributed by atoms with Crippen molar-refractivity contribution >= 4 is 11.6 Å². The highest BCUT2D eigenvalue weighted by Gasteiger charge is 2.44. The number of aromatic nitrogens is 4. The third-order valence-electron chi connectivity index (χ3n) is 5.94. The van der Waals surface area contributed by atoms with Crippen molar-refractivity contribution < 1.29 is 27.1 Å². The van der Waals surface area contributed by atoms with Crippen LogP contribution in [-0.2, 0) is 16.5 Å². The summed E-state index contributed by atoms with van der Waals surface area (Å²) in [4.78, 5) is 21.4. The average Bonchev–Trinajstić information content (AvgIpc) is 3.38. The Labute approximate surface area is 179 Å². The highest BCUT2D eigenvalue weighted by molar-refractivity contribution is 6.01. The van der Waals surface area contributed by atoms with Gasteiger partial charge < -0.3 is 10.1 Å². The minimum atomic E-state index is -4.73. The molecule has 3 aromatic heterocycles. The van der Waals surface area contributed by atoms with Crippen molar-refractivity contribution in [3.8, 4) is 0 Å². The van der Waals surface area contributed by atoms with Crippen LogP contribution in [0.25, 0.3) is 5.65 Å². The monoisotopic (exact) mass is 449 g/mol. The molecule has 11 heteroatoms. The van der Waals surface area contributed by atoms with Crippen LogP contribution in [0, 0.1) is 12.7 Å². The Morgan fingerprint density at radius 2 is 2.06 bits per heavy atom. The first kappa shape index (κ1) is 20.8. The Bertz CT molecular complexity index is 1210. The first-order valence-electron chi connectivity index (χ1n) is 10.2. The van der Waals surface area contributed by atoms with Crippen LogP contribution in [0.5, 0.6) is 0 Å². The molecule has 1 saturated heterocycles. The van der Waals surface area contributed by atoms with Crippen LogP contribution < -0.4 is 5.32 Å². The van der Waals surface area contributed by atoms with E-state index in [0.717, 1.165) is 18.4 Å². The molecule has 0 unspecified atom stereocenters. The van der Waals surface area contributed by atoms with E-state index in [1.54, 1.807) is 17.6 Å². The van der Waals surface area contributed by atoms with Crippen LogP contribution in [0.15, 0.2) is 24.7 Å². The lowest BCUT2D eigenvalue weighted by molar-refractivity contribution is -0.138. The Hall–Kier alpha value is -3.08. The van der Waals surface area contributed by atoms with Gasteiger partial charge in [-0.15, -0.1) is 0 Å². The van der Waals surface area contributed by atoms with Gasteiger partial charge in [0.15, 0.2) is 5.65 Å². The summed E-state index contributed by atoms with van der Waals surface area (Å²) >= 11 is 0. The third kappa shape index (κ3) is 3.50. The molecular weight excluding hydrogens is 430 g/mol. The molecule has 7 nitrogen and oxygen atoms in total. The second-order valence-electron chi connectivity index (χ2n) is 8.28. The molecule has 1 saturated carbocycles. The number of hydrogen-bond acceptors (Lipinski definition) is 5. The van der Waals surface area contributed by atoms with Gasteiger partial charge in [0, 0.05) is 31.6 Å². The number of hydrogen-bond donors (Lipinski definition) is 1. The predicted molar refractivity (Wildman–Crippen MR) is 103 cm³/mol. The molecule has 168 valence electrons. The Morgan fingerprint density at radius 1 is 1.28 bits per heavy atom. The van der Waals surface area contributed by atoms with E-state index >= 15 is 0 Å². The Kier molecular flexibility index (Phi) is 4.70.